The largest absolute Gasteiger partial charge is 0.465 e. The van der Waals surface area contributed by atoms with Gasteiger partial charge in [-0.25, -0.2) is 18.0 Å². The number of aliphatic hydroxyl groups excluding tert-OH is 1. The van der Waals surface area contributed by atoms with Gasteiger partial charge < -0.3 is 40.4 Å². The van der Waals surface area contributed by atoms with Gasteiger partial charge in [0.25, 0.3) is 0 Å². The van der Waals surface area contributed by atoms with Crippen LogP contribution < -0.4 is 11.1 Å². The summed E-state index contributed by atoms with van der Waals surface area (Å²) >= 11 is 0. The molecule has 0 aliphatic carbocycles. The first-order valence-electron chi connectivity index (χ1n) is 16.0. The lowest BCUT2D eigenvalue weighted by atomic mass is 9.87. The number of benzene rings is 2. The standard InChI is InChI=1S/C33H48N4O9S/c1-33(2,16-7-8-17-36(3)32(40)41)22-37(47(42,43)25-13-11-24(34)12-14-25)20-28(38)27(19-23-9-5-4-6-10-23)35-31(39)46-29-21-45-30-26(29)15-18-44-30/h4-6,9-14,26-30,38H,7-8,15-22,34H2,1-3H3,(H,35,39)(H,40,41)/t26-,27-,28+,29-,30+/m0/s1. The molecule has 47 heavy (non-hydrogen) atoms. The Bertz CT molecular complexity index is 1430. The molecule has 260 valence electrons. The molecule has 2 aromatic carbocycles. The van der Waals surface area contributed by atoms with E-state index in [9.17, 15) is 23.1 Å². The number of alkyl carbamates (subject to hydrolysis) is 1. The van der Waals surface area contributed by atoms with E-state index < -0.39 is 52.2 Å². The van der Waals surface area contributed by atoms with Crippen LogP contribution in [0.5, 0.6) is 0 Å². The second-order valence-corrected chi connectivity index (χ2v) is 15.1. The summed E-state index contributed by atoms with van der Waals surface area (Å²) in [5.74, 6) is -0.0643. The smallest absolute Gasteiger partial charge is 0.407 e. The number of amides is 2. The molecule has 2 saturated heterocycles. The monoisotopic (exact) mass is 676 g/mol. The van der Waals surface area contributed by atoms with Gasteiger partial charge in [-0.1, -0.05) is 50.6 Å². The highest BCUT2D eigenvalue weighted by Crippen LogP contribution is 2.33. The Morgan fingerprint density at radius 1 is 1.11 bits per heavy atom. The molecular formula is C33H48N4O9S. The first-order chi connectivity index (χ1) is 22.2. The summed E-state index contributed by atoms with van der Waals surface area (Å²) in [5.41, 5.74) is 6.54. The zero-order valence-electron chi connectivity index (χ0n) is 27.3. The Kier molecular flexibility index (Phi) is 12.5. The van der Waals surface area contributed by atoms with Gasteiger partial charge >= 0.3 is 12.2 Å². The maximum Gasteiger partial charge on any atom is 0.407 e. The van der Waals surface area contributed by atoms with Crippen molar-refractivity contribution in [3.05, 3.63) is 60.2 Å². The molecule has 0 bridgehead atoms. The van der Waals surface area contributed by atoms with Crippen LogP contribution in [0.15, 0.2) is 59.5 Å². The highest BCUT2D eigenvalue weighted by atomic mass is 32.2. The lowest BCUT2D eigenvalue weighted by molar-refractivity contribution is -0.0907. The van der Waals surface area contributed by atoms with Crippen LogP contribution in [0.3, 0.4) is 0 Å². The van der Waals surface area contributed by atoms with Crippen LogP contribution in [0.2, 0.25) is 0 Å². The molecule has 14 heteroatoms. The van der Waals surface area contributed by atoms with E-state index in [0.717, 1.165) is 5.56 Å². The first kappa shape index (κ1) is 36.4. The molecular weight excluding hydrogens is 628 g/mol. The number of hydrogen-bond donors (Lipinski definition) is 4. The molecule has 0 unspecified atom stereocenters. The van der Waals surface area contributed by atoms with Crippen molar-refractivity contribution in [2.24, 2.45) is 11.3 Å². The maximum absolute atomic E-state index is 14.1. The number of unbranched alkanes of at least 4 members (excludes halogenated alkanes) is 1. The van der Waals surface area contributed by atoms with Crippen molar-refractivity contribution >= 4 is 27.9 Å². The minimum Gasteiger partial charge on any atom is -0.465 e. The SMILES string of the molecule is CN(CCCCC(C)(C)CN(C[C@@H](O)[C@H](Cc1ccccc1)NC(=O)O[C@H]1CO[C@H]2OCC[C@H]21)S(=O)(=O)c1ccc(N)cc1)C(=O)O. The number of nitrogens with one attached hydrogen (secondary N) is 1. The predicted molar refractivity (Wildman–Crippen MR) is 175 cm³/mol. The highest BCUT2D eigenvalue weighted by molar-refractivity contribution is 7.89. The van der Waals surface area contributed by atoms with E-state index in [-0.39, 0.29) is 36.9 Å². The molecule has 2 amide bonds. The molecule has 5 N–H and O–H groups in total. The summed E-state index contributed by atoms with van der Waals surface area (Å²) in [6, 6.07) is 14.3. The summed E-state index contributed by atoms with van der Waals surface area (Å²) in [6.07, 6.45) is -1.10. The van der Waals surface area contributed by atoms with Crippen molar-refractivity contribution in [2.75, 3.05) is 45.6 Å². The summed E-state index contributed by atoms with van der Waals surface area (Å²) < 4.78 is 46.2. The van der Waals surface area contributed by atoms with E-state index in [1.54, 1.807) is 0 Å². The number of aliphatic hydroxyl groups is 1. The fourth-order valence-corrected chi connectivity index (χ4v) is 7.65. The number of fused-ring (bicyclic) bond motifs is 1. The van der Waals surface area contributed by atoms with Crippen LogP contribution >= 0.6 is 0 Å². The molecule has 2 aliphatic heterocycles. The summed E-state index contributed by atoms with van der Waals surface area (Å²) in [6.45, 7) is 4.74. The highest BCUT2D eigenvalue weighted by Gasteiger charge is 2.44. The van der Waals surface area contributed by atoms with Gasteiger partial charge in [0.15, 0.2) is 6.29 Å². The molecule has 2 heterocycles. The van der Waals surface area contributed by atoms with E-state index in [4.69, 9.17) is 25.1 Å². The minimum atomic E-state index is -4.11. The average molecular weight is 677 g/mol. The zero-order chi connectivity index (χ0) is 34.2. The van der Waals surface area contributed by atoms with Crippen LogP contribution in [-0.4, -0.2) is 104 Å². The van der Waals surface area contributed by atoms with Crippen molar-refractivity contribution in [1.29, 1.82) is 0 Å². The van der Waals surface area contributed by atoms with Crippen LogP contribution in [0.4, 0.5) is 15.3 Å². The summed E-state index contributed by atoms with van der Waals surface area (Å²) in [7, 11) is -2.60. The molecule has 5 atom stereocenters. The van der Waals surface area contributed by atoms with Gasteiger partial charge in [0.1, 0.15) is 6.10 Å². The van der Waals surface area contributed by atoms with Gasteiger partial charge in [0, 0.05) is 32.4 Å². The third kappa shape index (κ3) is 10.3. The number of carbonyl (C=O) groups is 2. The number of carbonyl (C=O) groups excluding carboxylic acids is 1. The summed E-state index contributed by atoms with van der Waals surface area (Å²) in [4.78, 5) is 25.6. The van der Waals surface area contributed by atoms with Crippen molar-refractivity contribution in [3.63, 3.8) is 0 Å². The maximum atomic E-state index is 14.1. The Balaban J connectivity index is 1.52. The van der Waals surface area contributed by atoms with E-state index in [1.807, 2.05) is 44.2 Å². The molecule has 0 spiro atoms. The molecule has 0 saturated carbocycles. The third-order valence-corrected chi connectivity index (χ3v) is 10.6. The molecule has 2 aliphatic rings. The fourth-order valence-electron chi connectivity index (χ4n) is 6.00. The Hall–Kier alpha value is -3.43. The number of nitrogens with zero attached hydrogens (tertiary/aromatic N) is 2. The van der Waals surface area contributed by atoms with E-state index in [0.29, 0.717) is 44.5 Å². The second-order valence-electron chi connectivity index (χ2n) is 13.2. The van der Waals surface area contributed by atoms with Gasteiger partial charge in [-0.15, -0.1) is 0 Å². The molecule has 0 radical (unpaired) electrons. The molecule has 4 rings (SSSR count). The number of nitrogen functional groups attached to an aromatic ring is 1. The van der Waals surface area contributed by atoms with Crippen LogP contribution in [0.1, 0.15) is 45.1 Å². The normalized spacial score (nSPS) is 20.8. The quantitative estimate of drug-likeness (QED) is 0.152. The zero-order valence-corrected chi connectivity index (χ0v) is 28.1. The Morgan fingerprint density at radius 3 is 2.49 bits per heavy atom. The molecule has 13 nitrogen and oxygen atoms in total. The van der Waals surface area contributed by atoms with Crippen LogP contribution in [-0.2, 0) is 30.7 Å². The van der Waals surface area contributed by atoms with Crippen LogP contribution in [0.25, 0.3) is 0 Å². The number of nitrogens with two attached hydrogens (primary N) is 1. The minimum absolute atomic E-state index is 0.0272. The number of ether oxygens (including phenoxy) is 3. The van der Waals surface area contributed by atoms with Crippen molar-refractivity contribution in [3.8, 4) is 0 Å². The van der Waals surface area contributed by atoms with E-state index in [1.165, 1.54) is 40.5 Å². The Labute approximate surface area is 277 Å². The van der Waals surface area contributed by atoms with Crippen molar-refractivity contribution < 1.29 is 42.4 Å². The predicted octanol–water partition coefficient (Wildman–Crippen LogP) is 3.53. The number of carboxylic acid groups (broad SMARTS) is 1. The average Bonchev–Trinajstić information content (AvgIpc) is 3.64. The number of sulfonamides is 1. The van der Waals surface area contributed by atoms with Crippen molar-refractivity contribution in [2.45, 2.75) is 75.4 Å². The topological polar surface area (TPSA) is 181 Å². The fraction of sp³-hybridized carbons (Fsp3) is 0.576. The third-order valence-electron chi connectivity index (χ3n) is 8.75. The second kappa shape index (κ2) is 16.1. The Morgan fingerprint density at radius 2 is 1.81 bits per heavy atom. The van der Waals surface area contributed by atoms with E-state index >= 15 is 0 Å². The van der Waals surface area contributed by atoms with E-state index in [2.05, 4.69) is 5.32 Å². The first-order valence-corrected chi connectivity index (χ1v) is 17.4. The number of rotatable bonds is 16. The van der Waals surface area contributed by atoms with Gasteiger partial charge in [0.2, 0.25) is 10.0 Å². The van der Waals surface area contributed by atoms with Gasteiger partial charge in [0.05, 0.1) is 36.2 Å². The molecule has 0 aromatic heterocycles. The lowest BCUT2D eigenvalue weighted by Gasteiger charge is -2.35. The van der Waals surface area contributed by atoms with Gasteiger partial charge in [-0.2, -0.15) is 4.31 Å². The van der Waals surface area contributed by atoms with Crippen LogP contribution in [0, 0.1) is 11.3 Å². The molecule has 2 aromatic rings. The van der Waals surface area contributed by atoms with Crippen molar-refractivity contribution in [1.82, 2.24) is 14.5 Å². The van der Waals surface area contributed by atoms with Gasteiger partial charge in [-0.3, -0.25) is 0 Å². The number of hydrogen-bond acceptors (Lipinski definition) is 9. The lowest BCUT2D eigenvalue weighted by Crippen LogP contribution is -2.52. The number of anilines is 1. The molecule has 2 fully saturated rings. The summed E-state index contributed by atoms with van der Waals surface area (Å²) in [5, 5.41) is 23.6. The van der Waals surface area contributed by atoms with Gasteiger partial charge in [-0.05, 0) is 60.9 Å².